The molecule has 0 saturated heterocycles. The van der Waals surface area contributed by atoms with Gasteiger partial charge < -0.3 is 5.73 Å². The molecule has 2 rings (SSSR count). The van der Waals surface area contributed by atoms with Gasteiger partial charge >= 0.3 is 6.18 Å². The van der Waals surface area contributed by atoms with E-state index in [0.29, 0.717) is 12.0 Å². The first kappa shape index (κ1) is 9.52. The zero-order chi connectivity index (χ0) is 10.3. The lowest BCUT2D eigenvalue weighted by Crippen LogP contribution is -2.10. The van der Waals surface area contributed by atoms with Gasteiger partial charge in [-0.2, -0.15) is 13.2 Å². The molecule has 1 aliphatic carbocycles. The topological polar surface area (TPSA) is 26.0 Å². The molecule has 14 heavy (non-hydrogen) atoms. The van der Waals surface area contributed by atoms with Crippen molar-refractivity contribution >= 4 is 0 Å². The Bertz CT molecular complexity index is 345. The van der Waals surface area contributed by atoms with Gasteiger partial charge in [0.1, 0.15) is 0 Å². The van der Waals surface area contributed by atoms with Crippen LogP contribution in [0.5, 0.6) is 0 Å². The Morgan fingerprint density at radius 3 is 2.29 bits per heavy atom. The molecule has 0 heterocycles. The minimum absolute atomic E-state index is 0.0986. The van der Waals surface area contributed by atoms with Crippen LogP contribution in [0.2, 0.25) is 0 Å². The molecule has 1 nitrogen and oxygen atoms in total. The zero-order valence-corrected chi connectivity index (χ0v) is 7.38. The summed E-state index contributed by atoms with van der Waals surface area (Å²) < 4.78 is 37.6. The van der Waals surface area contributed by atoms with Gasteiger partial charge in [-0.25, -0.2) is 0 Å². The van der Waals surface area contributed by atoms with Crippen LogP contribution in [0.15, 0.2) is 24.3 Å². The molecule has 0 bridgehead atoms. The maximum Gasteiger partial charge on any atom is 0.416 e. The molecule has 2 atom stereocenters. The predicted molar refractivity (Wildman–Crippen MR) is 46.8 cm³/mol. The molecule has 76 valence electrons. The smallest absolute Gasteiger partial charge is 0.327 e. The van der Waals surface area contributed by atoms with Gasteiger partial charge in [-0.1, -0.05) is 18.2 Å². The molecule has 0 spiro atoms. The normalized spacial score (nSPS) is 26.3. The van der Waals surface area contributed by atoms with Crippen molar-refractivity contribution in [3.8, 4) is 0 Å². The SMILES string of the molecule is NC1CC1c1ccccc1C(F)(F)F. The molecule has 1 aromatic rings. The number of alkyl halides is 3. The molecule has 1 aliphatic rings. The van der Waals surface area contributed by atoms with Gasteiger partial charge in [-0.3, -0.25) is 0 Å². The number of hydrogen-bond acceptors (Lipinski definition) is 1. The highest BCUT2D eigenvalue weighted by Gasteiger charge is 2.42. The quantitative estimate of drug-likeness (QED) is 0.742. The summed E-state index contributed by atoms with van der Waals surface area (Å²) in [5.41, 5.74) is 5.34. The van der Waals surface area contributed by atoms with Gasteiger partial charge in [0, 0.05) is 12.0 Å². The second-order valence-electron chi connectivity index (χ2n) is 3.59. The van der Waals surface area contributed by atoms with Crippen molar-refractivity contribution in [3.63, 3.8) is 0 Å². The van der Waals surface area contributed by atoms with E-state index in [9.17, 15) is 13.2 Å². The fraction of sp³-hybridized carbons (Fsp3) is 0.400. The van der Waals surface area contributed by atoms with Gasteiger partial charge in [0.2, 0.25) is 0 Å². The van der Waals surface area contributed by atoms with Gasteiger partial charge in [0.25, 0.3) is 0 Å². The van der Waals surface area contributed by atoms with Gasteiger partial charge in [-0.15, -0.1) is 0 Å². The predicted octanol–water partition coefficient (Wildman–Crippen LogP) is 2.52. The van der Waals surface area contributed by atoms with E-state index in [-0.39, 0.29) is 12.0 Å². The number of rotatable bonds is 1. The van der Waals surface area contributed by atoms with Crippen molar-refractivity contribution < 1.29 is 13.2 Å². The van der Waals surface area contributed by atoms with Crippen LogP contribution in [0.25, 0.3) is 0 Å². The van der Waals surface area contributed by atoms with Crippen LogP contribution < -0.4 is 5.73 Å². The van der Waals surface area contributed by atoms with Crippen molar-refractivity contribution in [2.45, 2.75) is 24.6 Å². The van der Waals surface area contributed by atoms with E-state index in [1.807, 2.05) is 0 Å². The van der Waals surface area contributed by atoms with E-state index < -0.39 is 11.7 Å². The summed E-state index contributed by atoms with van der Waals surface area (Å²) in [4.78, 5) is 0. The Morgan fingerprint density at radius 1 is 1.21 bits per heavy atom. The van der Waals surface area contributed by atoms with E-state index in [0.717, 1.165) is 6.07 Å². The average Bonchev–Trinajstić information content (AvgIpc) is 2.81. The Balaban J connectivity index is 2.39. The van der Waals surface area contributed by atoms with E-state index in [4.69, 9.17) is 5.73 Å². The number of nitrogens with two attached hydrogens (primary N) is 1. The molecule has 4 heteroatoms. The molecular formula is C10H10F3N. The summed E-state index contributed by atoms with van der Waals surface area (Å²) >= 11 is 0. The maximum absolute atomic E-state index is 12.5. The number of halogens is 3. The largest absolute Gasteiger partial charge is 0.416 e. The monoisotopic (exact) mass is 201 g/mol. The average molecular weight is 201 g/mol. The minimum atomic E-state index is -4.26. The maximum atomic E-state index is 12.5. The molecule has 2 unspecified atom stereocenters. The van der Waals surface area contributed by atoms with Gasteiger partial charge in [-0.05, 0) is 18.1 Å². The second-order valence-corrected chi connectivity index (χ2v) is 3.59. The summed E-state index contributed by atoms with van der Waals surface area (Å²) in [5.74, 6) is -0.104. The zero-order valence-electron chi connectivity index (χ0n) is 7.38. The van der Waals surface area contributed by atoms with Crippen molar-refractivity contribution in [1.29, 1.82) is 0 Å². The Morgan fingerprint density at radius 2 is 1.79 bits per heavy atom. The lowest BCUT2D eigenvalue weighted by atomic mass is 10.0. The van der Waals surface area contributed by atoms with Crippen LogP contribution in [-0.4, -0.2) is 6.04 Å². The van der Waals surface area contributed by atoms with Crippen molar-refractivity contribution in [1.82, 2.24) is 0 Å². The van der Waals surface area contributed by atoms with Crippen LogP contribution in [-0.2, 0) is 6.18 Å². The molecular weight excluding hydrogens is 191 g/mol. The van der Waals surface area contributed by atoms with Crippen LogP contribution in [0.3, 0.4) is 0 Å². The summed E-state index contributed by atoms with van der Waals surface area (Å²) in [5, 5.41) is 0. The van der Waals surface area contributed by atoms with Crippen LogP contribution >= 0.6 is 0 Å². The first-order valence-corrected chi connectivity index (χ1v) is 4.42. The summed E-state index contributed by atoms with van der Waals surface area (Å²) in [6.07, 6.45) is -3.61. The lowest BCUT2D eigenvalue weighted by molar-refractivity contribution is -0.138. The molecule has 1 aromatic carbocycles. The molecule has 0 amide bonds. The third-order valence-electron chi connectivity index (χ3n) is 2.51. The molecule has 0 aliphatic heterocycles. The van der Waals surface area contributed by atoms with Crippen molar-refractivity contribution in [3.05, 3.63) is 35.4 Å². The fourth-order valence-electron chi connectivity index (χ4n) is 1.65. The third kappa shape index (κ3) is 1.62. The number of hydrogen-bond donors (Lipinski definition) is 1. The third-order valence-corrected chi connectivity index (χ3v) is 2.51. The molecule has 0 radical (unpaired) electrons. The minimum Gasteiger partial charge on any atom is -0.327 e. The highest BCUT2D eigenvalue weighted by molar-refractivity contribution is 5.37. The standard InChI is InChI=1S/C10H10F3N/c11-10(12,13)8-4-2-1-3-6(8)7-5-9(7)14/h1-4,7,9H,5,14H2. The summed E-state index contributed by atoms with van der Waals surface area (Å²) in [7, 11) is 0. The lowest BCUT2D eigenvalue weighted by Gasteiger charge is -2.11. The Labute approximate surface area is 79.7 Å². The van der Waals surface area contributed by atoms with E-state index >= 15 is 0 Å². The van der Waals surface area contributed by atoms with E-state index in [2.05, 4.69) is 0 Å². The van der Waals surface area contributed by atoms with E-state index in [1.165, 1.54) is 12.1 Å². The number of benzene rings is 1. The fourth-order valence-corrected chi connectivity index (χ4v) is 1.65. The van der Waals surface area contributed by atoms with Crippen LogP contribution in [0.1, 0.15) is 23.5 Å². The highest BCUT2D eigenvalue weighted by atomic mass is 19.4. The molecule has 1 saturated carbocycles. The Hall–Kier alpha value is -1.03. The van der Waals surface area contributed by atoms with Gasteiger partial charge in [0.15, 0.2) is 0 Å². The van der Waals surface area contributed by atoms with Crippen LogP contribution in [0, 0.1) is 0 Å². The first-order valence-electron chi connectivity index (χ1n) is 4.42. The second kappa shape index (κ2) is 2.98. The molecule has 2 N–H and O–H groups in total. The molecule has 0 aromatic heterocycles. The van der Waals surface area contributed by atoms with Gasteiger partial charge in [0.05, 0.1) is 5.56 Å². The highest BCUT2D eigenvalue weighted by Crippen LogP contribution is 2.44. The molecule has 1 fully saturated rings. The van der Waals surface area contributed by atoms with Crippen molar-refractivity contribution in [2.24, 2.45) is 5.73 Å². The Kier molecular flexibility index (Phi) is 2.03. The summed E-state index contributed by atoms with van der Waals surface area (Å²) in [6, 6.07) is 5.55. The van der Waals surface area contributed by atoms with E-state index in [1.54, 1.807) is 6.07 Å². The first-order chi connectivity index (χ1) is 6.50. The van der Waals surface area contributed by atoms with Crippen molar-refractivity contribution in [2.75, 3.05) is 0 Å². The van der Waals surface area contributed by atoms with Crippen LogP contribution in [0.4, 0.5) is 13.2 Å². The summed E-state index contributed by atoms with van der Waals surface area (Å²) in [6.45, 7) is 0.